The zero-order valence-corrected chi connectivity index (χ0v) is 8.54. The van der Waals surface area contributed by atoms with Crippen LogP contribution in [-0.4, -0.2) is 23.3 Å². The fourth-order valence-corrected chi connectivity index (χ4v) is 2.24. The van der Waals surface area contributed by atoms with E-state index in [0.717, 1.165) is 6.42 Å². The number of nitrogens with one attached hydrogen (secondary N) is 1. The van der Waals surface area contributed by atoms with Gasteiger partial charge in [-0.3, -0.25) is 0 Å². The molecule has 1 rings (SSSR count). The van der Waals surface area contributed by atoms with E-state index in [4.69, 9.17) is 0 Å². The molecule has 0 aromatic rings. The zero-order chi connectivity index (χ0) is 9.30. The number of hydrogen-bond acceptors (Lipinski definition) is 2. The van der Waals surface area contributed by atoms with Crippen LogP contribution in [0, 0.1) is 11.8 Å². The maximum absolute atomic E-state index is 9.81. The van der Waals surface area contributed by atoms with Gasteiger partial charge in [0.05, 0.1) is 6.10 Å². The summed E-state index contributed by atoms with van der Waals surface area (Å²) in [5.74, 6) is 1.01. The van der Waals surface area contributed by atoms with Crippen molar-refractivity contribution >= 4 is 0 Å². The lowest BCUT2D eigenvalue weighted by Crippen LogP contribution is -2.35. The third-order valence-electron chi connectivity index (χ3n) is 3.08. The molecular weight excluding hydrogens is 150 g/mol. The molecule has 0 spiro atoms. The molecule has 2 nitrogen and oxygen atoms in total. The highest BCUT2D eigenvalue weighted by atomic mass is 16.3. The van der Waals surface area contributed by atoms with Gasteiger partial charge in [-0.25, -0.2) is 0 Å². The Labute approximate surface area is 75.4 Å². The van der Waals surface area contributed by atoms with Gasteiger partial charge in [-0.1, -0.05) is 27.7 Å². The first-order chi connectivity index (χ1) is 5.57. The van der Waals surface area contributed by atoms with Gasteiger partial charge in [-0.15, -0.1) is 0 Å². The van der Waals surface area contributed by atoms with E-state index in [1.165, 1.54) is 0 Å². The molecule has 4 atom stereocenters. The number of hydrogen-bond donors (Lipinski definition) is 2. The van der Waals surface area contributed by atoms with Crippen LogP contribution in [0.5, 0.6) is 0 Å². The maximum Gasteiger partial charge on any atom is 0.0733 e. The van der Waals surface area contributed by atoms with Crippen LogP contribution in [0.15, 0.2) is 0 Å². The quantitative estimate of drug-likeness (QED) is 0.658. The second-order valence-corrected chi connectivity index (χ2v) is 4.30. The molecule has 1 aliphatic rings. The minimum absolute atomic E-state index is 0.151. The third-order valence-corrected chi connectivity index (χ3v) is 3.08. The zero-order valence-electron chi connectivity index (χ0n) is 8.54. The largest absolute Gasteiger partial charge is 0.391 e. The van der Waals surface area contributed by atoms with Crippen molar-refractivity contribution in [3.63, 3.8) is 0 Å². The lowest BCUT2D eigenvalue weighted by atomic mass is 9.91. The molecule has 12 heavy (non-hydrogen) atoms. The molecule has 0 amide bonds. The standard InChI is InChI=1S/C10H21NO/c1-5-8-10(12)7(4)9(11-8)6(2)3/h6-12H,5H2,1-4H3. The van der Waals surface area contributed by atoms with Crippen molar-refractivity contribution in [2.45, 2.75) is 52.3 Å². The summed E-state index contributed by atoms with van der Waals surface area (Å²) in [7, 11) is 0. The van der Waals surface area contributed by atoms with Crippen LogP contribution in [0.2, 0.25) is 0 Å². The molecule has 1 heterocycles. The van der Waals surface area contributed by atoms with E-state index in [0.29, 0.717) is 23.9 Å². The molecule has 0 aromatic heterocycles. The van der Waals surface area contributed by atoms with Crippen molar-refractivity contribution in [3.8, 4) is 0 Å². The normalized spacial score (nSPS) is 42.5. The van der Waals surface area contributed by atoms with Gasteiger partial charge in [-0.05, 0) is 18.3 Å². The lowest BCUT2D eigenvalue weighted by molar-refractivity contribution is 0.115. The highest BCUT2D eigenvalue weighted by Gasteiger charge is 2.38. The molecular formula is C10H21NO. The van der Waals surface area contributed by atoms with E-state index in [1.54, 1.807) is 0 Å². The molecule has 0 aromatic carbocycles. The van der Waals surface area contributed by atoms with Crippen LogP contribution in [0.1, 0.15) is 34.1 Å². The maximum atomic E-state index is 9.81. The van der Waals surface area contributed by atoms with E-state index in [-0.39, 0.29) is 6.10 Å². The fraction of sp³-hybridized carbons (Fsp3) is 1.00. The minimum Gasteiger partial charge on any atom is -0.391 e. The van der Waals surface area contributed by atoms with Crippen LogP contribution in [0.3, 0.4) is 0 Å². The Morgan fingerprint density at radius 1 is 1.42 bits per heavy atom. The van der Waals surface area contributed by atoms with Gasteiger partial charge < -0.3 is 10.4 Å². The topological polar surface area (TPSA) is 32.3 Å². The van der Waals surface area contributed by atoms with E-state index in [9.17, 15) is 5.11 Å². The van der Waals surface area contributed by atoms with E-state index < -0.39 is 0 Å². The molecule has 2 heteroatoms. The predicted octanol–water partition coefficient (Wildman–Crippen LogP) is 1.39. The van der Waals surface area contributed by atoms with Crippen molar-refractivity contribution in [2.24, 2.45) is 11.8 Å². The highest BCUT2D eigenvalue weighted by molar-refractivity contribution is 4.96. The first-order valence-corrected chi connectivity index (χ1v) is 5.02. The fourth-order valence-electron chi connectivity index (χ4n) is 2.24. The van der Waals surface area contributed by atoms with Crippen molar-refractivity contribution in [3.05, 3.63) is 0 Å². The summed E-state index contributed by atoms with van der Waals surface area (Å²) in [6, 6.07) is 0.803. The molecule has 0 saturated carbocycles. The summed E-state index contributed by atoms with van der Waals surface area (Å²) in [6.45, 7) is 8.67. The number of aliphatic hydroxyl groups excluding tert-OH is 1. The monoisotopic (exact) mass is 171 g/mol. The molecule has 72 valence electrons. The first kappa shape index (κ1) is 10.0. The molecule has 1 aliphatic heterocycles. The van der Waals surface area contributed by atoms with Crippen LogP contribution >= 0.6 is 0 Å². The van der Waals surface area contributed by atoms with Gasteiger partial charge in [0.15, 0.2) is 0 Å². The Kier molecular flexibility index (Phi) is 3.13. The average molecular weight is 171 g/mol. The molecule has 4 unspecified atom stereocenters. The summed E-state index contributed by atoms with van der Waals surface area (Å²) in [5.41, 5.74) is 0. The molecule has 0 radical (unpaired) electrons. The highest BCUT2D eigenvalue weighted by Crippen LogP contribution is 2.26. The summed E-state index contributed by atoms with van der Waals surface area (Å²) in [5, 5.41) is 13.3. The van der Waals surface area contributed by atoms with Crippen LogP contribution in [0.25, 0.3) is 0 Å². The summed E-state index contributed by atoms with van der Waals surface area (Å²) in [4.78, 5) is 0. The minimum atomic E-state index is -0.151. The Bertz CT molecular complexity index is 147. The third kappa shape index (κ3) is 1.64. The van der Waals surface area contributed by atoms with Gasteiger partial charge in [0.2, 0.25) is 0 Å². The van der Waals surface area contributed by atoms with Crippen molar-refractivity contribution in [1.29, 1.82) is 0 Å². The van der Waals surface area contributed by atoms with Gasteiger partial charge in [-0.2, -0.15) is 0 Å². The van der Waals surface area contributed by atoms with E-state index in [1.807, 2.05) is 0 Å². The van der Waals surface area contributed by atoms with Crippen LogP contribution < -0.4 is 5.32 Å². The van der Waals surface area contributed by atoms with Gasteiger partial charge >= 0.3 is 0 Å². The first-order valence-electron chi connectivity index (χ1n) is 5.02. The summed E-state index contributed by atoms with van der Waals surface area (Å²) in [6.07, 6.45) is 0.872. The Balaban J connectivity index is 2.60. The summed E-state index contributed by atoms with van der Waals surface area (Å²) < 4.78 is 0. The molecule has 1 saturated heterocycles. The Morgan fingerprint density at radius 3 is 2.25 bits per heavy atom. The Morgan fingerprint density at radius 2 is 2.00 bits per heavy atom. The smallest absolute Gasteiger partial charge is 0.0733 e. The second-order valence-electron chi connectivity index (χ2n) is 4.30. The van der Waals surface area contributed by atoms with Crippen molar-refractivity contribution in [2.75, 3.05) is 0 Å². The van der Waals surface area contributed by atoms with Crippen molar-refractivity contribution < 1.29 is 5.11 Å². The van der Waals surface area contributed by atoms with Gasteiger partial charge in [0.1, 0.15) is 0 Å². The lowest BCUT2D eigenvalue weighted by Gasteiger charge is -2.20. The average Bonchev–Trinajstić information content (AvgIpc) is 2.30. The van der Waals surface area contributed by atoms with Crippen LogP contribution in [0.4, 0.5) is 0 Å². The van der Waals surface area contributed by atoms with E-state index in [2.05, 4.69) is 33.0 Å². The number of rotatable bonds is 2. The number of aliphatic hydroxyl groups is 1. The molecule has 2 N–H and O–H groups in total. The second kappa shape index (κ2) is 3.75. The predicted molar refractivity (Wildman–Crippen MR) is 51.0 cm³/mol. The molecule has 0 bridgehead atoms. The van der Waals surface area contributed by atoms with Crippen LogP contribution in [-0.2, 0) is 0 Å². The van der Waals surface area contributed by atoms with Gasteiger partial charge in [0.25, 0.3) is 0 Å². The van der Waals surface area contributed by atoms with Crippen molar-refractivity contribution in [1.82, 2.24) is 5.32 Å². The molecule has 1 fully saturated rings. The van der Waals surface area contributed by atoms with Gasteiger partial charge in [0, 0.05) is 12.1 Å². The van der Waals surface area contributed by atoms with E-state index >= 15 is 0 Å². The SMILES string of the molecule is CCC1NC(C(C)C)C(C)C1O. The molecule has 0 aliphatic carbocycles. The Hall–Kier alpha value is -0.0800. The summed E-state index contributed by atoms with van der Waals surface area (Å²) >= 11 is 0.